The number of nitrogen functional groups attached to an aromatic ring is 1. The molecule has 0 radical (unpaired) electrons. The van der Waals surface area contributed by atoms with E-state index < -0.39 is 0 Å². The van der Waals surface area contributed by atoms with Crippen LogP contribution < -0.4 is 10.6 Å². The minimum Gasteiger partial charge on any atom is -0.397 e. The van der Waals surface area contributed by atoms with Crippen molar-refractivity contribution in [2.24, 2.45) is 0 Å². The van der Waals surface area contributed by atoms with E-state index in [1.807, 2.05) is 20.2 Å². The molecule has 7 heteroatoms. The lowest BCUT2D eigenvalue weighted by Gasteiger charge is -2.28. The Morgan fingerprint density at radius 2 is 2.15 bits per heavy atom. The van der Waals surface area contributed by atoms with Crippen molar-refractivity contribution in [1.82, 2.24) is 15.2 Å². The van der Waals surface area contributed by atoms with Gasteiger partial charge in [-0.1, -0.05) is 0 Å². The molecule has 2 unspecified atom stereocenters. The van der Waals surface area contributed by atoms with Crippen molar-refractivity contribution in [1.29, 1.82) is 0 Å². The van der Waals surface area contributed by atoms with Gasteiger partial charge in [0.1, 0.15) is 0 Å². The number of anilines is 2. The fourth-order valence-electron chi connectivity index (χ4n) is 2.89. The van der Waals surface area contributed by atoms with Crippen LogP contribution in [-0.4, -0.2) is 59.7 Å². The van der Waals surface area contributed by atoms with Crippen LogP contribution in [0.1, 0.15) is 6.42 Å². The monoisotopic (exact) mass is 277 g/mol. The zero-order valence-electron chi connectivity index (χ0n) is 11.7. The van der Waals surface area contributed by atoms with Gasteiger partial charge in [0.25, 0.3) is 0 Å². The molecule has 1 saturated heterocycles. The molecular weight excluding hydrogens is 258 g/mol. The first-order valence-corrected chi connectivity index (χ1v) is 6.66. The van der Waals surface area contributed by atoms with Crippen molar-refractivity contribution >= 4 is 22.4 Å². The van der Waals surface area contributed by atoms with Crippen LogP contribution in [0.25, 0.3) is 11.0 Å². The van der Waals surface area contributed by atoms with E-state index in [-0.39, 0.29) is 12.1 Å². The Morgan fingerprint density at radius 1 is 1.40 bits per heavy atom. The molecule has 1 aromatic heterocycles. The van der Waals surface area contributed by atoms with Crippen LogP contribution in [-0.2, 0) is 0 Å². The van der Waals surface area contributed by atoms with Crippen LogP contribution in [0.3, 0.4) is 0 Å². The van der Waals surface area contributed by atoms with Gasteiger partial charge in [-0.2, -0.15) is 0 Å². The molecule has 0 aliphatic carbocycles. The number of likely N-dealkylation sites (N-methyl/N-ethyl adjacent to an activating group) is 1. The average Bonchev–Trinajstić information content (AvgIpc) is 2.97. The summed E-state index contributed by atoms with van der Waals surface area (Å²) in [6.45, 7) is 1.46. The summed E-state index contributed by atoms with van der Waals surface area (Å²) in [5.74, 6) is 0. The van der Waals surface area contributed by atoms with Crippen molar-refractivity contribution < 1.29 is 9.74 Å². The molecule has 1 aromatic carbocycles. The van der Waals surface area contributed by atoms with Gasteiger partial charge in [0, 0.05) is 19.1 Å². The van der Waals surface area contributed by atoms with Gasteiger partial charge in [-0.05, 0) is 43.0 Å². The number of aromatic nitrogens is 2. The number of nitrogens with zero attached hydrogens (tertiary/aromatic N) is 4. The Bertz CT molecular complexity index is 612. The lowest BCUT2D eigenvalue weighted by atomic mass is 10.1. The number of benzene rings is 1. The maximum absolute atomic E-state index is 9.98. The van der Waals surface area contributed by atoms with Crippen LogP contribution >= 0.6 is 0 Å². The van der Waals surface area contributed by atoms with E-state index in [1.54, 1.807) is 6.07 Å². The highest BCUT2D eigenvalue weighted by Gasteiger charge is 2.33. The molecule has 1 aliphatic heterocycles. The van der Waals surface area contributed by atoms with Gasteiger partial charge < -0.3 is 20.6 Å². The van der Waals surface area contributed by atoms with Crippen LogP contribution in [0.5, 0.6) is 0 Å². The van der Waals surface area contributed by atoms with Gasteiger partial charge in [0.2, 0.25) is 0 Å². The molecule has 2 heterocycles. The number of nitrogens with two attached hydrogens (primary N) is 1. The van der Waals surface area contributed by atoms with Gasteiger partial charge in [-0.3, -0.25) is 0 Å². The summed E-state index contributed by atoms with van der Waals surface area (Å²) in [6.07, 6.45) is 0.419. The standard InChI is InChI=1S/C13H19N5O2/c1-17(2)6-8-5-9(19)7-18(8)11-4-3-10(14)12-13(11)16-20-15-12/h3-4,8-9,19H,5-7,14H2,1-2H3. The zero-order valence-corrected chi connectivity index (χ0v) is 11.7. The number of fused-ring (bicyclic) bond motifs is 1. The van der Waals surface area contributed by atoms with Gasteiger partial charge in [-0.15, -0.1) is 0 Å². The van der Waals surface area contributed by atoms with Crippen molar-refractivity contribution in [3.8, 4) is 0 Å². The summed E-state index contributed by atoms with van der Waals surface area (Å²) < 4.78 is 4.81. The molecule has 2 atom stereocenters. The van der Waals surface area contributed by atoms with Crippen molar-refractivity contribution in [3.63, 3.8) is 0 Å². The number of aliphatic hydroxyl groups is 1. The first kappa shape index (κ1) is 13.1. The summed E-state index contributed by atoms with van der Waals surface area (Å²) in [5, 5.41) is 17.8. The highest BCUT2D eigenvalue weighted by atomic mass is 16.6. The fraction of sp³-hybridized carbons (Fsp3) is 0.538. The van der Waals surface area contributed by atoms with Crippen LogP contribution in [0.4, 0.5) is 11.4 Å². The quantitative estimate of drug-likeness (QED) is 0.780. The number of rotatable bonds is 3. The molecule has 2 aromatic rings. The summed E-state index contributed by atoms with van der Waals surface area (Å²) in [4.78, 5) is 4.28. The molecule has 0 saturated carbocycles. The van der Waals surface area contributed by atoms with Gasteiger partial charge in [0.05, 0.1) is 17.5 Å². The topological polar surface area (TPSA) is 91.7 Å². The maximum atomic E-state index is 9.98. The number of aliphatic hydroxyl groups excluding tert-OH is 1. The zero-order chi connectivity index (χ0) is 14.3. The number of β-amino-alcohol motifs (C(OH)–C–C–N with tert-alkyl or cyclic N) is 1. The first-order valence-electron chi connectivity index (χ1n) is 6.66. The third-order valence-electron chi connectivity index (χ3n) is 3.70. The van der Waals surface area contributed by atoms with Gasteiger partial charge in [0.15, 0.2) is 11.0 Å². The molecule has 108 valence electrons. The van der Waals surface area contributed by atoms with Crippen molar-refractivity contribution in [2.75, 3.05) is 37.8 Å². The summed E-state index contributed by atoms with van der Waals surface area (Å²) in [7, 11) is 4.05. The minimum atomic E-state index is -0.326. The van der Waals surface area contributed by atoms with E-state index in [4.69, 9.17) is 10.4 Å². The largest absolute Gasteiger partial charge is 0.397 e. The van der Waals surface area contributed by atoms with Crippen LogP contribution in [0.15, 0.2) is 16.8 Å². The molecule has 3 N–H and O–H groups in total. The van der Waals surface area contributed by atoms with Gasteiger partial charge >= 0.3 is 0 Å². The van der Waals surface area contributed by atoms with Crippen LogP contribution in [0, 0.1) is 0 Å². The second kappa shape index (κ2) is 4.92. The second-order valence-corrected chi connectivity index (χ2v) is 5.59. The fourth-order valence-corrected chi connectivity index (χ4v) is 2.89. The van der Waals surface area contributed by atoms with E-state index in [9.17, 15) is 5.11 Å². The van der Waals surface area contributed by atoms with E-state index in [2.05, 4.69) is 20.1 Å². The Hall–Kier alpha value is -1.86. The van der Waals surface area contributed by atoms with E-state index in [1.165, 1.54) is 0 Å². The Kier molecular flexibility index (Phi) is 3.23. The molecule has 0 amide bonds. The molecule has 0 spiro atoms. The summed E-state index contributed by atoms with van der Waals surface area (Å²) in [5.41, 5.74) is 8.57. The first-order chi connectivity index (χ1) is 9.56. The van der Waals surface area contributed by atoms with E-state index in [0.29, 0.717) is 23.3 Å². The Balaban J connectivity index is 2.00. The number of hydrogen-bond donors (Lipinski definition) is 2. The Labute approximate surface area is 116 Å². The second-order valence-electron chi connectivity index (χ2n) is 5.59. The molecule has 1 aliphatic rings. The number of hydrogen-bond acceptors (Lipinski definition) is 7. The predicted octanol–water partition coefficient (Wildman–Crippen LogP) is 0.306. The molecule has 1 fully saturated rings. The molecule has 20 heavy (non-hydrogen) atoms. The van der Waals surface area contributed by atoms with Gasteiger partial charge in [-0.25, -0.2) is 4.63 Å². The SMILES string of the molecule is CN(C)CC1CC(O)CN1c1ccc(N)c2nonc12. The molecule has 3 rings (SSSR count). The highest BCUT2D eigenvalue weighted by Crippen LogP contribution is 2.33. The Morgan fingerprint density at radius 3 is 2.90 bits per heavy atom. The lowest BCUT2D eigenvalue weighted by molar-refractivity contribution is 0.191. The van der Waals surface area contributed by atoms with E-state index in [0.717, 1.165) is 18.7 Å². The average molecular weight is 277 g/mol. The minimum absolute atomic E-state index is 0.239. The predicted molar refractivity (Wildman–Crippen MR) is 76.5 cm³/mol. The normalized spacial score (nSPS) is 23.1. The molecular formula is C13H19N5O2. The molecule has 7 nitrogen and oxygen atoms in total. The smallest absolute Gasteiger partial charge is 0.160 e. The third-order valence-corrected chi connectivity index (χ3v) is 3.70. The summed E-state index contributed by atoms with van der Waals surface area (Å²) >= 11 is 0. The van der Waals surface area contributed by atoms with E-state index >= 15 is 0 Å². The lowest BCUT2D eigenvalue weighted by Crippen LogP contribution is -2.37. The third kappa shape index (κ3) is 2.19. The maximum Gasteiger partial charge on any atom is 0.160 e. The van der Waals surface area contributed by atoms with Crippen molar-refractivity contribution in [3.05, 3.63) is 12.1 Å². The van der Waals surface area contributed by atoms with Crippen molar-refractivity contribution in [2.45, 2.75) is 18.6 Å². The summed E-state index contributed by atoms with van der Waals surface area (Å²) in [6, 6.07) is 3.96. The molecule has 0 bridgehead atoms. The highest BCUT2D eigenvalue weighted by molar-refractivity contribution is 5.95. The van der Waals surface area contributed by atoms with Crippen LogP contribution in [0.2, 0.25) is 0 Å².